The molecular weight excluding hydrogens is 623 g/mol. The quantitative estimate of drug-likeness (QED) is 0.127. The molecule has 12 heteroatoms. The number of halogens is 2. The van der Waals surface area contributed by atoms with Gasteiger partial charge in [0, 0.05) is 6.42 Å². The number of phenolic OH excluding ortho intramolecular Hbond substituents is 1. The molecule has 240 valence electrons. The van der Waals surface area contributed by atoms with Crippen LogP contribution in [0.5, 0.6) is 11.5 Å². The van der Waals surface area contributed by atoms with Gasteiger partial charge in [-0.25, -0.2) is 9.59 Å². The van der Waals surface area contributed by atoms with E-state index in [1.165, 1.54) is 0 Å². The number of nitrogens with one attached hydrogen (secondary N) is 2. The van der Waals surface area contributed by atoms with Crippen LogP contribution in [0.1, 0.15) is 59.5 Å². The van der Waals surface area contributed by atoms with Gasteiger partial charge in [0.2, 0.25) is 0 Å². The van der Waals surface area contributed by atoms with Crippen molar-refractivity contribution < 1.29 is 38.5 Å². The number of hydrogen-bond acceptors (Lipinski definition) is 9. The van der Waals surface area contributed by atoms with E-state index >= 15 is 0 Å². The number of ether oxygens (including phenoxy) is 3. The number of amides is 1. The summed E-state index contributed by atoms with van der Waals surface area (Å²) in [6.45, 7) is 7.75. The van der Waals surface area contributed by atoms with Gasteiger partial charge in [-0.05, 0) is 70.0 Å². The zero-order chi connectivity index (χ0) is 33.1. The van der Waals surface area contributed by atoms with Crippen LogP contribution in [-0.4, -0.2) is 60.3 Å². The van der Waals surface area contributed by atoms with Crippen LogP contribution in [0.25, 0.3) is 0 Å². The maximum absolute atomic E-state index is 13.1. The first-order chi connectivity index (χ1) is 21.3. The van der Waals surface area contributed by atoms with E-state index in [4.69, 9.17) is 37.4 Å². The number of carbonyl (C=O) groups excluding carboxylic acids is 4. The minimum absolute atomic E-state index is 0.0795. The number of phenols is 1. The molecule has 0 bridgehead atoms. The number of esters is 3. The lowest BCUT2D eigenvalue weighted by molar-refractivity contribution is -0.153. The van der Waals surface area contributed by atoms with E-state index in [0.29, 0.717) is 13.0 Å². The second-order valence-corrected chi connectivity index (χ2v) is 11.8. The second-order valence-electron chi connectivity index (χ2n) is 11.0. The van der Waals surface area contributed by atoms with Crippen molar-refractivity contribution in [1.82, 2.24) is 10.6 Å². The van der Waals surface area contributed by atoms with Crippen LogP contribution < -0.4 is 15.4 Å². The average Bonchev–Trinajstić information content (AvgIpc) is 2.99. The molecule has 0 spiro atoms. The third-order valence-corrected chi connectivity index (χ3v) is 6.85. The molecule has 0 aliphatic carbocycles. The summed E-state index contributed by atoms with van der Waals surface area (Å²) in [5.41, 5.74) is 0.996. The molecule has 0 heterocycles. The summed E-state index contributed by atoms with van der Waals surface area (Å²) in [6.07, 6.45) is 0.736. The van der Waals surface area contributed by atoms with E-state index in [-0.39, 0.29) is 47.4 Å². The normalized spacial score (nSPS) is 11.8. The Morgan fingerprint density at radius 1 is 0.956 bits per heavy atom. The predicted molar refractivity (Wildman–Crippen MR) is 170 cm³/mol. The fourth-order valence-electron chi connectivity index (χ4n) is 4.14. The molecule has 1 amide bonds. The highest BCUT2D eigenvalue weighted by Crippen LogP contribution is 2.42. The number of carbonyl (C=O) groups is 4. The van der Waals surface area contributed by atoms with Crippen LogP contribution in [0, 0.1) is 0 Å². The first-order valence-corrected chi connectivity index (χ1v) is 15.0. The number of aromatic hydroxyl groups is 1. The van der Waals surface area contributed by atoms with Gasteiger partial charge < -0.3 is 30.0 Å². The van der Waals surface area contributed by atoms with Crippen LogP contribution in [-0.2, 0) is 31.9 Å². The molecule has 0 radical (unpaired) electrons. The van der Waals surface area contributed by atoms with Gasteiger partial charge >= 0.3 is 17.9 Å². The van der Waals surface area contributed by atoms with Crippen molar-refractivity contribution in [1.29, 1.82) is 0 Å². The molecule has 10 nitrogen and oxygen atoms in total. The molecule has 45 heavy (non-hydrogen) atoms. The Hall–Kier alpha value is -4.12. The van der Waals surface area contributed by atoms with E-state index in [1.54, 1.807) is 76.2 Å². The Kier molecular flexibility index (Phi) is 12.8. The van der Waals surface area contributed by atoms with E-state index in [9.17, 15) is 24.3 Å². The van der Waals surface area contributed by atoms with Gasteiger partial charge in [-0.2, -0.15) is 0 Å². The number of rotatable bonds is 13. The molecule has 0 aromatic heterocycles. The van der Waals surface area contributed by atoms with Gasteiger partial charge in [-0.1, -0.05) is 65.7 Å². The Morgan fingerprint density at radius 3 is 2.24 bits per heavy atom. The average molecular weight is 660 g/mol. The smallest absolute Gasteiger partial charge is 0.343 e. The summed E-state index contributed by atoms with van der Waals surface area (Å²) in [4.78, 5) is 50.3. The molecule has 0 unspecified atom stereocenters. The molecule has 3 rings (SSSR count). The molecule has 3 aromatic carbocycles. The second kappa shape index (κ2) is 16.3. The van der Waals surface area contributed by atoms with Gasteiger partial charge in [-0.15, -0.1) is 0 Å². The van der Waals surface area contributed by atoms with Crippen LogP contribution in [0.3, 0.4) is 0 Å². The summed E-state index contributed by atoms with van der Waals surface area (Å²) in [5, 5.41) is 15.7. The minimum Gasteiger partial charge on any atom is -0.505 e. The summed E-state index contributed by atoms with van der Waals surface area (Å²) in [7, 11) is 0. The lowest BCUT2D eigenvalue weighted by Gasteiger charge is -2.19. The summed E-state index contributed by atoms with van der Waals surface area (Å²) in [5.74, 6) is -3.65. The predicted octanol–water partition coefficient (Wildman–Crippen LogP) is 5.30. The first kappa shape index (κ1) is 35.4. The van der Waals surface area contributed by atoms with Crippen LogP contribution in [0.4, 0.5) is 0 Å². The standard InChI is InChI=1S/C33H36Cl2N2O8/c1-5-43-32(42)25(17-21-9-7-6-8-10-21)37-30(40)23-18-24(34)29(27(35)28(23)39)44-31(41)22-13-11-20(12-14-22)15-16-36-19-26(38)45-33(2,3)4/h6-14,18,25,36,39H,5,15-17,19H2,1-4H3,(H,37,40)/t25-/m0/s1. The van der Waals surface area contributed by atoms with E-state index in [1.807, 2.05) is 6.07 Å². The minimum atomic E-state index is -1.06. The zero-order valence-corrected chi connectivity index (χ0v) is 27.0. The highest BCUT2D eigenvalue weighted by atomic mass is 35.5. The Bertz CT molecular complexity index is 1510. The van der Waals surface area contributed by atoms with Crippen molar-refractivity contribution in [2.75, 3.05) is 19.7 Å². The molecule has 0 aliphatic rings. The summed E-state index contributed by atoms with van der Waals surface area (Å²) in [6, 6.07) is 15.6. The van der Waals surface area contributed by atoms with Gasteiger partial charge in [0.25, 0.3) is 5.91 Å². The van der Waals surface area contributed by atoms with Crippen molar-refractivity contribution in [3.63, 3.8) is 0 Å². The van der Waals surface area contributed by atoms with Gasteiger partial charge in [0.1, 0.15) is 16.7 Å². The first-order valence-electron chi connectivity index (χ1n) is 14.2. The zero-order valence-electron chi connectivity index (χ0n) is 25.4. The van der Waals surface area contributed by atoms with Crippen molar-refractivity contribution in [2.45, 2.75) is 52.2 Å². The Labute approximate surface area is 272 Å². The SMILES string of the molecule is CCOC(=O)[C@H](Cc1ccccc1)NC(=O)c1cc(Cl)c(OC(=O)c2ccc(CCNCC(=O)OC(C)(C)C)cc2)c(Cl)c1O. The van der Waals surface area contributed by atoms with Crippen molar-refractivity contribution in [3.05, 3.63) is 93.0 Å². The van der Waals surface area contributed by atoms with Crippen LogP contribution in [0.2, 0.25) is 10.0 Å². The molecule has 0 fully saturated rings. The molecule has 3 N–H and O–H groups in total. The fourth-order valence-corrected chi connectivity index (χ4v) is 4.67. The molecule has 1 atom stereocenters. The Balaban J connectivity index is 1.65. The molecule has 0 aliphatic heterocycles. The third kappa shape index (κ3) is 10.8. The van der Waals surface area contributed by atoms with Crippen molar-refractivity contribution >= 4 is 47.0 Å². The summed E-state index contributed by atoms with van der Waals surface area (Å²) < 4.78 is 15.7. The molecule has 0 saturated heterocycles. The Morgan fingerprint density at radius 2 is 1.62 bits per heavy atom. The largest absolute Gasteiger partial charge is 0.505 e. The van der Waals surface area contributed by atoms with E-state index in [0.717, 1.165) is 17.2 Å². The van der Waals surface area contributed by atoms with Crippen LogP contribution in [0.15, 0.2) is 60.7 Å². The third-order valence-electron chi connectivity index (χ3n) is 6.22. The lowest BCUT2D eigenvalue weighted by Crippen LogP contribution is -2.43. The fraction of sp³-hybridized carbons (Fsp3) is 0.333. The van der Waals surface area contributed by atoms with Gasteiger partial charge in [0.05, 0.1) is 29.3 Å². The highest BCUT2D eigenvalue weighted by molar-refractivity contribution is 6.39. The monoisotopic (exact) mass is 658 g/mol. The lowest BCUT2D eigenvalue weighted by atomic mass is 10.1. The van der Waals surface area contributed by atoms with E-state index in [2.05, 4.69) is 10.6 Å². The molecule has 0 saturated carbocycles. The van der Waals surface area contributed by atoms with Gasteiger partial charge in [-0.3, -0.25) is 9.59 Å². The molecule has 3 aromatic rings. The number of hydrogen-bond donors (Lipinski definition) is 3. The van der Waals surface area contributed by atoms with E-state index < -0.39 is 40.3 Å². The maximum Gasteiger partial charge on any atom is 0.343 e. The molecular formula is C33H36Cl2N2O8. The number of benzene rings is 3. The van der Waals surface area contributed by atoms with Crippen molar-refractivity contribution in [3.8, 4) is 11.5 Å². The maximum atomic E-state index is 13.1. The summed E-state index contributed by atoms with van der Waals surface area (Å²) >= 11 is 12.6. The van der Waals surface area contributed by atoms with Crippen LogP contribution >= 0.6 is 23.2 Å². The van der Waals surface area contributed by atoms with Crippen molar-refractivity contribution in [2.24, 2.45) is 0 Å². The highest BCUT2D eigenvalue weighted by Gasteiger charge is 2.28. The van der Waals surface area contributed by atoms with Gasteiger partial charge in [0.15, 0.2) is 11.5 Å². The topological polar surface area (TPSA) is 140 Å².